The molecule has 1 aromatic heterocycles. The molecular weight excluding hydrogens is 286 g/mol. The second-order valence-corrected chi connectivity index (χ2v) is 7.66. The van der Waals surface area contributed by atoms with E-state index in [1.165, 1.54) is 44.3 Å². The van der Waals surface area contributed by atoms with Crippen LogP contribution in [0.5, 0.6) is 0 Å². The summed E-state index contributed by atoms with van der Waals surface area (Å²) >= 11 is 0. The van der Waals surface area contributed by atoms with Crippen LogP contribution in [0.15, 0.2) is 24.5 Å². The fraction of sp³-hybridized carbons (Fsp3) is 0.737. The summed E-state index contributed by atoms with van der Waals surface area (Å²) in [5.74, 6) is 1.74. The molecular formula is C19H29N3O. The van der Waals surface area contributed by atoms with Crippen molar-refractivity contribution in [3.05, 3.63) is 30.1 Å². The highest BCUT2D eigenvalue weighted by Crippen LogP contribution is 2.40. The van der Waals surface area contributed by atoms with Crippen molar-refractivity contribution in [3.63, 3.8) is 0 Å². The lowest BCUT2D eigenvalue weighted by atomic mass is 9.77. The zero-order chi connectivity index (χ0) is 15.6. The molecule has 23 heavy (non-hydrogen) atoms. The minimum Gasteiger partial charge on any atom is -0.380 e. The predicted octanol–water partition coefficient (Wildman–Crippen LogP) is 2.40. The SMILES string of the molecule is CN(Cc1ccncc1)[C@H]1CCC[C@@H]2CN([C@@H]3CCOC3)C[C@@H]21. The number of hydrogen-bond acceptors (Lipinski definition) is 4. The first-order chi connectivity index (χ1) is 11.3. The van der Waals surface area contributed by atoms with Crippen molar-refractivity contribution in [1.82, 2.24) is 14.8 Å². The van der Waals surface area contributed by atoms with Gasteiger partial charge in [-0.25, -0.2) is 0 Å². The van der Waals surface area contributed by atoms with Crippen molar-refractivity contribution in [2.45, 2.75) is 44.3 Å². The minimum atomic E-state index is 0.687. The van der Waals surface area contributed by atoms with E-state index >= 15 is 0 Å². The van der Waals surface area contributed by atoms with E-state index in [0.717, 1.165) is 37.6 Å². The summed E-state index contributed by atoms with van der Waals surface area (Å²) < 4.78 is 5.62. The van der Waals surface area contributed by atoms with Crippen molar-refractivity contribution in [2.75, 3.05) is 33.4 Å². The van der Waals surface area contributed by atoms with Crippen molar-refractivity contribution in [3.8, 4) is 0 Å². The average Bonchev–Trinajstić information content (AvgIpc) is 3.24. The number of fused-ring (bicyclic) bond motifs is 1. The van der Waals surface area contributed by atoms with Crippen molar-refractivity contribution >= 4 is 0 Å². The third-order valence-corrected chi connectivity index (χ3v) is 6.26. The molecule has 4 nitrogen and oxygen atoms in total. The van der Waals surface area contributed by atoms with Gasteiger partial charge in [-0.3, -0.25) is 14.8 Å². The van der Waals surface area contributed by atoms with Crippen molar-refractivity contribution in [1.29, 1.82) is 0 Å². The third-order valence-electron chi connectivity index (χ3n) is 6.26. The summed E-state index contributed by atoms with van der Waals surface area (Å²) in [6.45, 7) is 5.55. The van der Waals surface area contributed by atoms with Gasteiger partial charge in [0, 0.05) is 50.7 Å². The molecule has 0 amide bonds. The van der Waals surface area contributed by atoms with Crippen LogP contribution in [0, 0.1) is 11.8 Å². The van der Waals surface area contributed by atoms with Crippen LogP contribution in [0.1, 0.15) is 31.2 Å². The number of likely N-dealkylation sites (tertiary alicyclic amines) is 1. The molecule has 3 heterocycles. The van der Waals surface area contributed by atoms with Gasteiger partial charge in [-0.15, -0.1) is 0 Å². The van der Waals surface area contributed by atoms with E-state index in [4.69, 9.17) is 4.74 Å². The summed E-state index contributed by atoms with van der Waals surface area (Å²) in [5.41, 5.74) is 1.38. The van der Waals surface area contributed by atoms with Crippen LogP contribution < -0.4 is 0 Å². The van der Waals surface area contributed by atoms with Crippen LogP contribution in [0.3, 0.4) is 0 Å². The maximum absolute atomic E-state index is 5.62. The zero-order valence-corrected chi connectivity index (χ0v) is 14.2. The van der Waals surface area contributed by atoms with Gasteiger partial charge in [0.2, 0.25) is 0 Å². The standard InChI is InChI=1S/C19H29N3O/c1-21(11-15-5-8-20-9-6-15)19-4-2-3-16-12-22(13-18(16)19)17-7-10-23-14-17/h5-6,8-9,16-19H,2-4,7,10-14H2,1H3/t16-,17-,18+,19+/m1/s1. The molecule has 0 spiro atoms. The van der Waals surface area contributed by atoms with Gasteiger partial charge in [0.1, 0.15) is 0 Å². The van der Waals surface area contributed by atoms with Gasteiger partial charge in [-0.1, -0.05) is 6.42 Å². The summed E-state index contributed by atoms with van der Waals surface area (Å²) in [7, 11) is 2.31. The Morgan fingerprint density at radius 3 is 2.87 bits per heavy atom. The monoisotopic (exact) mass is 315 g/mol. The van der Waals surface area contributed by atoms with E-state index in [1.54, 1.807) is 0 Å². The van der Waals surface area contributed by atoms with Gasteiger partial charge in [0.05, 0.1) is 6.61 Å². The van der Waals surface area contributed by atoms with Gasteiger partial charge < -0.3 is 4.74 Å². The molecule has 1 aliphatic carbocycles. The first-order valence-electron chi connectivity index (χ1n) is 9.22. The summed E-state index contributed by atoms with van der Waals surface area (Å²) in [6, 6.07) is 5.71. The molecule has 126 valence electrons. The fourth-order valence-electron chi connectivity index (χ4n) is 5.02. The predicted molar refractivity (Wildman–Crippen MR) is 91.1 cm³/mol. The molecule has 1 saturated carbocycles. The van der Waals surface area contributed by atoms with E-state index in [-0.39, 0.29) is 0 Å². The van der Waals surface area contributed by atoms with E-state index < -0.39 is 0 Å². The summed E-state index contributed by atoms with van der Waals surface area (Å²) in [4.78, 5) is 9.47. The van der Waals surface area contributed by atoms with E-state index in [9.17, 15) is 0 Å². The molecule has 0 unspecified atom stereocenters. The number of nitrogens with zero attached hydrogens (tertiary/aromatic N) is 3. The molecule has 3 aliphatic rings. The number of rotatable bonds is 4. The second kappa shape index (κ2) is 6.88. The smallest absolute Gasteiger partial charge is 0.0622 e. The molecule has 2 saturated heterocycles. The Labute approximate surface area is 139 Å². The number of hydrogen-bond donors (Lipinski definition) is 0. The highest BCUT2D eigenvalue weighted by Gasteiger charge is 2.43. The molecule has 0 radical (unpaired) electrons. The van der Waals surface area contributed by atoms with Crippen molar-refractivity contribution < 1.29 is 4.74 Å². The lowest BCUT2D eigenvalue weighted by Gasteiger charge is -2.39. The highest BCUT2D eigenvalue weighted by atomic mass is 16.5. The van der Waals surface area contributed by atoms with E-state index in [2.05, 4.69) is 34.0 Å². The van der Waals surface area contributed by atoms with E-state index in [1.807, 2.05) is 12.4 Å². The quantitative estimate of drug-likeness (QED) is 0.853. The molecule has 4 heteroatoms. The zero-order valence-electron chi connectivity index (χ0n) is 14.2. The summed E-state index contributed by atoms with van der Waals surface area (Å²) in [6.07, 6.45) is 9.22. The van der Waals surface area contributed by atoms with Crippen molar-refractivity contribution in [2.24, 2.45) is 11.8 Å². The molecule has 0 bridgehead atoms. The van der Waals surface area contributed by atoms with Crippen LogP contribution in [-0.4, -0.2) is 60.2 Å². The maximum atomic E-state index is 5.62. The van der Waals surface area contributed by atoms with Gasteiger partial charge >= 0.3 is 0 Å². The molecule has 2 aliphatic heterocycles. The highest BCUT2D eigenvalue weighted by molar-refractivity contribution is 5.10. The number of ether oxygens (including phenoxy) is 1. The van der Waals surface area contributed by atoms with Gasteiger partial charge in [0.15, 0.2) is 0 Å². The Kier molecular flexibility index (Phi) is 4.65. The first kappa shape index (κ1) is 15.6. The Balaban J connectivity index is 1.42. The van der Waals surface area contributed by atoms with Crippen LogP contribution in [0.2, 0.25) is 0 Å². The lowest BCUT2D eigenvalue weighted by Crippen LogP contribution is -2.43. The average molecular weight is 315 g/mol. The normalized spacial score (nSPS) is 34.9. The largest absolute Gasteiger partial charge is 0.380 e. The molecule has 4 rings (SSSR count). The Bertz CT molecular complexity index is 503. The Morgan fingerprint density at radius 2 is 2.09 bits per heavy atom. The molecule has 0 N–H and O–H groups in total. The number of pyridine rings is 1. The maximum Gasteiger partial charge on any atom is 0.0622 e. The molecule has 1 aromatic rings. The fourth-order valence-corrected chi connectivity index (χ4v) is 5.02. The van der Waals surface area contributed by atoms with Gasteiger partial charge in [0.25, 0.3) is 0 Å². The molecule has 0 aromatic carbocycles. The van der Waals surface area contributed by atoms with E-state index in [0.29, 0.717) is 6.04 Å². The summed E-state index contributed by atoms with van der Waals surface area (Å²) in [5, 5.41) is 0. The molecule has 4 atom stereocenters. The third kappa shape index (κ3) is 3.30. The van der Waals surface area contributed by atoms with Crippen LogP contribution >= 0.6 is 0 Å². The van der Waals surface area contributed by atoms with Gasteiger partial charge in [-0.2, -0.15) is 0 Å². The van der Waals surface area contributed by atoms with Crippen LogP contribution in [-0.2, 0) is 11.3 Å². The van der Waals surface area contributed by atoms with Crippen LogP contribution in [0.25, 0.3) is 0 Å². The topological polar surface area (TPSA) is 28.6 Å². The van der Waals surface area contributed by atoms with Crippen LogP contribution in [0.4, 0.5) is 0 Å². The Morgan fingerprint density at radius 1 is 1.22 bits per heavy atom. The Hall–Kier alpha value is -0.970. The number of aromatic nitrogens is 1. The minimum absolute atomic E-state index is 0.687. The molecule has 3 fully saturated rings. The second-order valence-electron chi connectivity index (χ2n) is 7.66. The lowest BCUT2D eigenvalue weighted by molar-refractivity contribution is 0.103. The van der Waals surface area contributed by atoms with Gasteiger partial charge in [-0.05, 0) is 55.8 Å². The first-order valence-corrected chi connectivity index (χ1v) is 9.22.